The Morgan fingerprint density at radius 3 is 2.68 bits per heavy atom. The van der Waals surface area contributed by atoms with Gasteiger partial charge in [-0.3, -0.25) is 9.59 Å². The van der Waals surface area contributed by atoms with E-state index in [1.807, 2.05) is 0 Å². The van der Waals surface area contributed by atoms with Gasteiger partial charge in [0.1, 0.15) is 5.75 Å². The number of Topliss-reactive ketones (excluding diaryl/α,β-unsaturated/α-hetero) is 1. The van der Waals surface area contributed by atoms with E-state index in [2.05, 4.69) is 5.32 Å². The van der Waals surface area contributed by atoms with Gasteiger partial charge in [0.25, 0.3) is 5.91 Å². The minimum absolute atomic E-state index is 0.0848. The summed E-state index contributed by atoms with van der Waals surface area (Å²) >= 11 is 0. The zero-order valence-electron chi connectivity index (χ0n) is 12.6. The molecule has 6 heteroatoms. The SMILES string of the molecule is CC(=O)c1cccc(OCC(=O)O[C@H](C)C(=O)NC2CC2)c1. The smallest absolute Gasteiger partial charge is 0.344 e. The van der Waals surface area contributed by atoms with E-state index in [9.17, 15) is 14.4 Å². The first-order valence-electron chi connectivity index (χ1n) is 7.19. The van der Waals surface area contributed by atoms with Crippen molar-refractivity contribution in [3.8, 4) is 5.75 Å². The van der Waals surface area contributed by atoms with Gasteiger partial charge in [0.15, 0.2) is 18.5 Å². The lowest BCUT2D eigenvalue weighted by Gasteiger charge is -2.13. The second-order valence-corrected chi connectivity index (χ2v) is 5.29. The number of hydrogen-bond acceptors (Lipinski definition) is 5. The Kier molecular flexibility index (Phi) is 5.14. The summed E-state index contributed by atoms with van der Waals surface area (Å²) in [4.78, 5) is 34.6. The highest BCUT2D eigenvalue weighted by Gasteiger charge is 2.27. The van der Waals surface area contributed by atoms with Crippen molar-refractivity contribution in [2.45, 2.75) is 38.8 Å². The number of nitrogens with one attached hydrogen (secondary N) is 1. The molecule has 1 aliphatic rings. The molecule has 1 aliphatic carbocycles. The van der Waals surface area contributed by atoms with Gasteiger partial charge in [-0.2, -0.15) is 0 Å². The standard InChI is InChI=1S/C16H19NO5/c1-10(18)12-4-3-5-14(8-12)21-9-15(19)22-11(2)16(20)17-13-6-7-13/h3-5,8,11,13H,6-7,9H2,1-2H3,(H,17,20)/t11-/m1/s1. The molecule has 0 unspecified atom stereocenters. The summed E-state index contributed by atoms with van der Waals surface area (Å²) in [6.07, 6.45) is 1.10. The number of carbonyl (C=O) groups excluding carboxylic acids is 3. The first-order valence-corrected chi connectivity index (χ1v) is 7.19. The summed E-state index contributed by atoms with van der Waals surface area (Å²) in [6, 6.07) is 6.75. The average Bonchev–Trinajstić information content (AvgIpc) is 3.29. The molecule has 1 fully saturated rings. The van der Waals surface area contributed by atoms with Gasteiger partial charge >= 0.3 is 5.97 Å². The molecule has 2 rings (SSSR count). The van der Waals surface area contributed by atoms with Crippen LogP contribution in [0.2, 0.25) is 0 Å². The molecule has 0 aliphatic heterocycles. The van der Waals surface area contributed by atoms with Crippen molar-refractivity contribution in [1.82, 2.24) is 5.32 Å². The highest BCUT2D eigenvalue weighted by Crippen LogP contribution is 2.19. The third-order valence-electron chi connectivity index (χ3n) is 3.20. The number of esters is 1. The highest BCUT2D eigenvalue weighted by atomic mass is 16.6. The molecule has 1 atom stereocenters. The van der Waals surface area contributed by atoms with E-state index in [-0.39, 0.29) is 24.3 Å². The van der Waals surface area contributed by atoms with Gasteiger partial charge in [0.2, 0.25) is 0 Å². The summed E-state index contributed by atoms with van der Waals surface area (Å²) in [7, 11) is 0. The molecule has 1 N–H and O–H groups in total. The summed E-state index contributed by atoms with van der Waals surface area (Å²) in [5.41, 5.74) is 0.503. The molecule has 1 aromatic rings. The van der Waals surface area contributed by atoms with E-state index in [0.717, 1.165) is 12.8 Å². The molecule has 118 valence electrons. The topological polar surface area (TPSA) is 81.7 Å². The molecule has 0 heterocycles. The number of rotatable bonds is 7. The van der Waals surface area contributed by atoms with Crippen LogP contribution in [-0.2, 0) is 14.3 Å². The monoisotopic (exact) mass is 305 g/mol. The number of hydrogen-bond donors (Lipinski definition) is 1. The predicted molar refractivity (Wildman–Crippen MR) is 78.7 cm³/mol. The Labute approximate surface area is 128 Å². The van der Waals surface area contributed by atoms with Crippen LogP contribution < -0.4 is 10.1 Å². The molecule has 0 bridgehead atoms. The number of ketones is 1. The van der Waals surface area contributed by atoms with E-state index in [1.54, 1.807) is 24.3 Å². The van der Waals surface area contributed by atoms with E-state index in [1.165, 1.54) is 13.8 Å². The molecular weight excluding hydrogens is 286 g/mol. The quantitative estimate of drug-likeness (QED) is 0.609. The Balaban J connectivity index is 1.78. The molecule has 0 radical (unpaired) electrons. The van der Waals surface area contributed by atoms with E-state index >= 15 is 0 Å². The molecule has 0 saturated heterocycles. The minimum Gasteiger partial charge on any atom is -0.482 e. The lowest BCUT2D eigenvalue weighted by Crippen LogP contribution is -2.37. The molecule has 1 saturated carbocycles. The van der Waals surface area contributed by atoms with Crippen LogP contribution in [0.1, 0.15) is 37.0 Å². The number of ether oxygens (including phenoxy) is 2. The van der Waals surface area contributed by atoms with Gasteiger partial charge in [-0.15, -0.1) is 0 Å². The maximum absolute atomic E-state index is 11.7. The van der Waals surface area contributed by atoms with Gasteiger partial charge in [0, 0.05) is 11.6 Å². The number of benzene rings is 1. The largest absolute Gasteiger partial charge is 0.482 e. The lowest BCUT2D eigenvalue weighted by atomic mass is 10.1. The fourth-order valence-corrected chi connectivity index (χ4v) is 1.78. The summed E-state index contributed by atoms with van der Waals surface area (Å²) in [5.74, 6) is -0.612. The normalized spacial score (nSPS) is 14.8. The van der Waals surface area contributed by atoms with E-state index in [4.69, 9.17) is 9.47 Å². The second-order valence-electron chi connectivity index (χ2n) is 5.29. The molecule has 22 heavy (non-hydrogen) atoms. The Bertz CT molecular complexity index is 580. The van der Waals surface area contributed by atoms with Gasteiger partial charge in [0.05, 0.1) is 0 Å². The number of amides is 1. The maximum Gasteiger partial charge on any atom is 0.344 e. The summed E-state index contributed by atoms with van der Waals surface area (Å²) in [5, 5.41) is 2.76. The maximum atomic E-state index is 11.7. The molecule has 1 aromatic carbocycles. The zero-order valence-corrected chi connectivity index (χ0v) is 12.6. The summed E-state index contributed by atoms with van der Waals surface area (Å²) in [6.45, 7) is 2.65. The van der Waals surface area contributed by atoms with E-state index < -0.39 is 12.1 Å². The number of carbonyl (C=O) groups is 3. The van der Waals surface area contributed by atoms with Crippen LogP contribution >= 0.6 is 0 Å². The van der Waals surface area contributed by atoms with Gasteiger partial charge in [-0.05, 0) is 38.8 Å². The van der Waals surface area contributed by atoms with Gasteiger partial charge < -0.3 is 14.8 Å². The van der Waals surface area contributed by atoms with Crippen LogP contribution in [0.4, 0.5) is 0 Å². The van der Waals surface area contributed by atoms with Crippen LogP contribution in [0, 0.1) is 0 Å². The first kappa shape index (κ1) is 16.0. The van der Waals surface area contributed by atoms with Crippen LogP contribution in [0.15, 0.2) is 24.3 Å². The molecule has 0 aromatic heterocycles. The third kappa shape index (κ3) is 4.87. The molecule has 1 amide bonds. The second kappa shape index (κ2) is 7.06. The van der Waals surface area contributed by atoms with Crippen molar-refractivity contribution in [3.05, 3.63) is 29.8 Å². The third-order valence-corrected chi connectivity index (χ3v) is 3.20. The zero-order chi connectivity index (χ0) is 16.1. The molecular formula is C16H19NO5. The average molecular weight is 305 g/mol. The fraction of sp³-hybridized carbons (Fsp3) is 0.438. The van der Waals surface area contributed by atoms with Crippen molar-refractivity contribution < 1.29 is 23.9 Å². The van der Waals surface area contributed by atoms with Crippen LogP contribution in [0.25, 0.3) is 0 Å². The van der Waals surface area contributed by atoms with Crippen molar-refractivity contribution in [2.75, 3.05) is 6.61 Å². The van der Waals surface area contributed by atoms with Crippen molar-refractivity contribution in [3.63, 3.8) is 0 Å². The lowest BCUT2D eigenvalue weighted by molar-refractivity contribution is -0.156. The predicted octanol–water partition coefficient (Wildman–Crippen LogP) is 1.48. The van der Waals surface area contributed by atoms with Crippen molar-refractivity contribution in [2.24, 2.45) is 0 Å². The minimum atomic E-state index is -0.847. The van der Waals surface area contributed by atoms with Gasteiger partial charge in [-0.25, -0.2) is 4.79 Å². The fourth-order valence-electron chi connectivity index (χ4n) is 1.78. The molecule has 6 nitrogen and oxygen atoms in total. The van der Waals surface area contributed by atoms with E-state index in [0.29, 0.717) is 11.3 Å². The van der Waals surface area contributed by atoms with Crippen molar-refractivity contribution in [1.29, 1.82) is 0 Å². The summed E-state index contributed by atoms with van der Waals surface area (Å²) < 4.78 is 10.3. The van der Waals surface area contributed by atoms with Crippen LogP contribution in [-0.4, -0.2) is 36.4 Å². The molecule has 0 spiro atoms. The van der Waals surface area contributed by atoms with Crippen molar-refractivity contribution >= 4 is 17.7 Å². The Hall–Kier alpha value is -2.37. The van der Waals surface area contributed by atoms with Crippen LogP contribution in [0.3, 0.4) is 0 Å². The van der Waals surface area contributed by atoms with Gasteiger partial charge in [-0.1, -0.05) is 12.1 Å². The Morgan fingerprint density at radius 2 is 2.05 bits per heavy atom. The van der Waals surface area contributed by atoms with Crippen LogP contribution in [0.5, 0.6) is 5.75 Å². The first-order chi connectivity index (χ1) is 10.5. The highest BCUT2D eigenvalue weighted by molar-refractivity contribution is 5.94. The Morgan fingerprint density at radius 1 is 1.32 bits per heavy atom.